The molecule has 3 aromatic rings. The van der Waals surface area contributed by atoms with E-state index in [1.165, 1.54) is 37.5 Å². The zero-order valence-corrected chi connectivity index (χ0v) is 19.2. The molecule has 4 amide bonds. The molecule has 0 aliphatic carbocycles. The topological polar surface area (TPSA) is 102 Å². The third-order valence-corrected chi connectivity index (χ3v) is 5.40. The zero-order valence-electron chi connectivity index (χ0n) is 18.5. The van der Waals surface area contributed by atoms with Crippen LogP contribution >= 0.6 is 11.6 Å². The Morgan fingerprint density at radius 2 is 1.69 bits per heavy atom. The van der Waals surface area contributed by atoms with Crippen molar-refractivity contribution in [1.29, 1.82) is 0 Å². The van der Waals surface area contributed by atoms with Gasteiger partial charge in [0.25, 0.3) is 11.8 Å². The number of imide groups is 2. The van der Waals surface area contributed by atoms with E-state index in [2.05, 4.69) is 5.32 Å². The van der Waals surface area contributed by atoms with Gasteiger partial charge in [-0.25, -0.2) is 9.59 Å². The number of halogens is 1. The summed E-state index contributed by atoms with van der Waals surface area (Å²) in [5, 5.41) is 2.68. The lowest BCUT2D eigenvalue weighted by atomic mass is 10.1. The summed E-state index contributed by atoms with van der Waals surface area (Å²) in [5.74, 6) is -1.78. The van der Waals surface area contributed by atoms with Gasteiger partial charge in [-0.1, -0.05) is 48.0 Å². The number of nitrogens with one attached hydrogen (secondary N) is 1. The summed E-state index contributed by atoms with van der Waals surface area (Å²) in [5.41, 5.74) is 1.25. The van der Waals surface area contributed by atoms with Gasteiger partial charge in [-0.2, -0.15) is 0 Å². The standard InChI is InChI=1S/C26H19ClN2O6/c1-34-22-14-17(7-12-21(22)35-25(32)18-8-10-19(27)11-9-18)13-20-23(30)28-26(33)29(24(20)31)15-16-5-3-2-4-6-16/h2-14H,15H2,1H3,(H,28,30,33). The van der Waals surface area contributed by atoms with Crippen LogP contribution in [0.4, 0.5) is 4.79 Å². The number of rotatable bonds is 6. The minimum absolute atomic E-state index is 0.0129. The van der Waals surface area contributed by atoms with Crippen molar-refractivity contribution in [3.05, 3.63) is 100 Å². The first-order valence-corrected chi connectivity index (χ1v) is 10.8. The third-order valence-electron chi connectivity index (χ3n) is 5.15. The number of benzene rings is 3. The molecular formula is C26H19ClN2O6. The lowest BCUT2D eigenvalue weighted by Gasteiger charge is -2.26. The van der Waals surface area contributed by atoms with Crippen molar-refractivity contribution < 1.29 is 28.7 Å². The van der Waals surface area contributed by atoms with E-state index in [4.69, 9.17) is 21.1 Å². The first-order valence-electron chi connectivity index (χ1n) is 10.4. The van der Waals surface area contributed by atoms with Crippen molar-refractivity contribution in [3.8, 4) is 11.5 Å². The van der Waals surface area contributed by atoms with E-state index in [9.17, 15) is 19.2 Å². The van der Waals surface area contributed by atoms with Crippen LogP contribution in [0.5, 0.6) is 11.5 Å². The van der Waals surface area contributed by atoms with Gasteiger partial charge in [-0.15, -0.1) is 0 Å². The Kier molecular flexibility index (Phi) is 6.93. The fourth-order valence-corrected chi connectivity index (χ4v) is 3.50. The van der Waals surface area contributed by atoms with Gasteiger partial charge in [0, 0.05) is 5.02 Å². The minimum atomic E-state index is -0.804. The Morgan fingerprint density at radius 1 is 0.971 bits per heavy atom. The summed E-state index contributed by atoms with van der Waals surface area (Å²) in [4.78, 5) is 51.0. The number of ether oxygens (including phenoxy) is 2. The lowest BCUT2D eigenvalue weighted by molar-refractivity contribution is -0.130. The minimum Gasteiger partial charge on any atom is -0.493 e. The van der Waals surface area contributed by atoms with Crippen molar-refractivity contribution in [3.63, 3.8) is 0 Å². The normalized spacial score (nSPS) is 14.6. The molecule has 176 valence electrons. The summed E-state index contributed by atoms with van der Waals surface area (Å²) in [6.07, 6.45) is 1.34. The van der Waals surface area contributed by atoms with Crippen molar-refractivity contribution in [2.75, 3.05) is 7.11 Å². The molecule has 1 aliphatic heterocycles. The Balaban J connectivity index is 1.57. The molecule has 8 nitrogen and oxygen atoms in total. The number of hydrogen-bond donors (Lipinski definition) is 1. The van der Waals surface area contributed by atoms with Crippen LogP contribution in [-0.4, -0.2) is 35.8 Å². The number of esters is 1. The van der Waals surface area contributed by atoms with Gasteiger partial charge in [0.1, 0.15) is 5.57 Å². The second-order valence-electron chi connectivity index (χ2n) is 7.50. The summed E-state index contributed by atoms with van der Waals surface area (Å²) in [6.45, 7) is 0.0129. The zero-order chi connectivity index (χ0) is 24.9. The molecule has 0 radical (unpaired) electrons. The predicted octanol–water partition coefficient (Wildman–Crippen LogP) is 4.23. The van der Waals surface area contributed by atoms with Gasteiger partial charge < -0.3 is 9.47 Å². The van der Waals surface area contributed by atoms with Crippen LogP contribution in [0.2, 0.25) is 5.02 Å². The van der Waals surface area contributed by atoms with Crippen LogP contribution in [0.1, 0.15) is 21.5 Å². The van der Waals surface area contributed by atoms with Crippen molar-refractivity contribution in [1.82, 2.24) is 10.2 Å². The summed E-state index contributed by atoms with van der Waals surface area (Å²) in [6, 6.07) is 18.9. The largest absolute Gasteiger partial charge is 0.493 e. The maximum Gasteiger partial charge on any atom is 0.343 e. The summed E-state index contributed by atoms with van der Waals surface area (Å²) >= 11 is 5.85. The SMILES string of the molecule is COc1cc(C=C2C(=O)NC(=O)N(Cc3ccccc3)C2=O)ccc1OC(=O)c1ccc(Cl)cc1. The highest BCUT2D eigenvalue weighted by Gasteiger charge is 2.35. The van der Waals surface area contributed by atoms with Gasteiger partial charge >= 0.3 is 12.0 Å². The van der Waals surface area contributed by atoms with Gasteiger partial charge in [0.2, 0.25) is 0 Å². The van der Waals surface area contributed by atoms with E-state index >= 15 is 0 Å². The van der Waals surface area contributed by atoms with E-state index in [0.717, 1.165) is 10.5 Å². The number of carbonyl (C=O) groups is 4. The van der Waals surface area contributed by atoms with Crippen molar-refractivity contribution in [2.45, 2.75) is 6.54 Å². The maximum absolute atomic E-state index is 13.0. The quantitative estimate of drug-likeness (QED) is 0.240. The predicted molar refractivity (Wildman–Crippen MR) is 128 cm³/mol. The molecule has 1 N–H and O–H groups in total. The Hall–Kier alpha value is -4.43. The van der Waals surface area contributed by atoms with Crippen LogP contribution < -0.4 is 14.8 Å². The number of amides is 4. The van der Waals surface area contributed by atoms with Crippen molar-refractivity contribution in [2.24, 2.45) is 0 Å². The number of hydrogen-bond acceptors (Lipinski definition) is 6. The fourth-order valence-electron chi connectivity index (χ4n) is 3.37. The third kappa shape index (κ3) is 5.39. The fraction of sp³-hybridized carbons (Fsp3) is 0.0769. The van der Waals surface area contributed by atoms with E-state index in [1.807, 2.05) is 6.07 Å². The first-order chi connectivity index (χ1) is 16.9. The van der Waals surface area contributed by atoms with Crippen LogP contribution in [0.25, 0.3) is 6.08 Å². The average Bonchev–Trinajstić information content (AvgIpc) is 2.86. The number of urea groups is 1. The Bertz CT molecular complexity index is 1340. The second-order valence-corrected chi connectivity index (χ2v) is 7.94. The van der Waals surface area contributed by atoms with E-state index in [1.54, 1.807) is 42.5 Å². The van der Waals surface area contributed by atoms with Gasteiger partial charge in [-0.3, -0.25) is 19.8 Å². The molecule has 1 saturated heterocycles. The molecular weight excluding hydrogens is 472 g/mol. The van der Waals surface area contributed by atoms with Gasteiger partial charge in [0.05, 0.1) is 19.2 Å². The second kappa shape index (κ2) is 10.2. The van der Waals surface area contributed by atoms with E-state index < -0.39 is 23.8 Å². The summed E-state index contributed by atoms with van der Waals surface area (Å²) in [7, 11) is 1.39. The molecule has 1 heterocycles. The molecule has 0 bridgehead atoms. The average molecular weight is 491 g/mol. The number of barbiturate groups is 1. The van der Waals surface area contributed by atoms with Crippen LogP contribution in [0.3, 0.4) is 0 Å². The monoisotopic (exact) mass is 490 g/mol. The van der Waals surface area contributed by atoms with Crippen LogP contribution in [0.15, 0.2) is 78.4 Å². The van der Waals surface area contributed by atoms with Crippen LogP contribution in [-0.2, 0) is 16.1 Å². The molecule has 35 heavy (non-hydrogen) atoms. The first kappa shape index (κ1) is 23.7. The molecule has 0 saturated carbocycles. The lowest BCUT2D eigenvalue weighted by Crippen LogP contribution is -2.53. The molecule has 0 unspecified atom stereocenters. The highest BCUT2D eigenvalue weighted by Crippen LogP contribution is 2.30. The molecule has 0 aromatic heterocycles. The number of carbonyl (C=O) groups excluding carboxylic acids is 4. The number of nitrogens with zero attached hydrogens (tertiary/aromatic N) is 1. The molecule has 1 aliphatic rings. The van der Waals surface area contributed by atoms with E-state index in [0.29, 0.717) is 16.1 Å². The summed E-state index contributed by atoms with van der Waals surface area (Å²) < 4.78 is 10.7. The number of methoxy groups -OCH3 is 1. The molecule has 3 aromatic carbocycles. The van der Waals surface area contributed by atoms with Gasteiger partial charge in [0.15, 0.2) is 11.5 Å². The Labute approximate surface area is 205 Å². The molecule has 0 spiro atoms. The highest BCUT2D eigenvalue weighted by molar-refractivity contribution is 6.31. The smallest absolute Gasteiger partial charge is 0.343 e. The van der Waals surface area contributed by atoms with Gasteiger partial charge in [-0.05, 0) is 53.6 Å². The molecule has 4 rings (SSSR count). The van der Waals surface area contributed by atoms with E-state index in [-0.39, 0.29) is 23.6 Å². The van der Waals surface area contributed by atoms with Crippen LogP contribution in [0, 0.1) is 0 Å². The molecule has 9 heteroatoms. The maximum atomic E-state index is 13.0. The Morgan fingerprint density at radius 3 is 2.37 bits per heavy atom. The molecule has 1 fully saturated rings. The highest BCUT2D eigenvalue weighted by atomic mass is 35.5. The molecule has 0 atom stereocenters. The van der Waals surface area contributed by atoms with Crippen molar-refractivity contribution >= 4 is 41.5 Å².